The Morgan fingerprint density at radius 3 is 2.53 bits per heavy atom. The number of halogens is 1. The van der Waals surface area contributed by atoms with Gasteiger partial charge in [-0.2, -0.15) is 0 Å². The Hall–Kier alpha value is -2.00. The number of nitrogens with one attached hydrogen (secondary N) is 1. The first-order valence-corrected chi connectivity index (χ1v) is 12.0. The largest absolute Gasteiger partial charge is 0.378 e. The van der Waals surface area contributed by atoms with Gasteiger partial charge in [0.2, 0.25) is 0 Å². The maximum Gasteiger partial charge on any atom is 0.174 e. The van der Waals surface area contributed by atoms with Gasteiger partial charge in [-0.05, 0) is 70.6 Å². The molecule has 0 aliphatic carbocycles. The van der Waals surface area contributed by atoms with E-state index in [0.717, 1.165) is 47.3 Å². The third-order valence-corrected chi connectivity index (χ3v) is 7.56. The molecule has 0 amide bonds. The first kappa shape index (κ1) is 19.9. The summed E-state index contributed by atoms with van der Waals surface area (Å²) < 4.78 is 6.56. The van der Waals surface area contributed by atoms with E-state index in [9.17, 15) is 0 Å². The summed E-state index contributed by atoms with van der Waals surface area (Å²) in [7, 11) is 0. The minimum atomic E-state index is -0.0110. The lowest BCUT2D eigenvalue weighted by Crippen LogP contribution is -2.36. The molecule has 8 heteroatoms. The van der Waals surface area contributed by atoms with Gasteiger partial charge in [-0.1, -0.05) is 6.07 Å². The molecule has 0 radical (unpaired) electrons. The molecule has 2 atom stereocenters. The van der Waals surface area contributed by atoms with Crippen LogP contribution in [0, 0.1) is 0 Å². The van der Waals surface area contributed by atoms with Crippen LogP contribution >= 0.6 is 39.5 Å². The summed E-state index contributed by atoms with van der Waals surface area (Å²) in [5.41, 5.74) is 3.29. The van der Waals surface area contributed by atoms with Gasteiger partial charge in [-0.15, -0.1) is 11.3 Å². The monoisotopic (exact) mass is 500 g/mol. The van der Waals surface area contributed by atoms with Gasteiger partial charge in [-0.3, -0.25) is 4.98 Å². The van der Waals surface area contributed by atoms with Crippen molar-refractivity contribution in [2.75, 3.05) is 36.1 Å². The molecule has 0 spiro atoms. The van der Waals surface area contributed by atoms with Crippen LogP contribution in [-0.2, 0) is 4.74 Å². The number of anilines is 2. The van der Waals surface area contributed by atoms with Crippen LogP contribution < -0.4 is 15.1 Å². The Morgan fingerprint density at radius 2 is 1.87 bits per heavy atom. The molecule has 30 heavy (non-hydrogen) atoms. The molecular weight excluding hydrogens is 480 g/mol. The molecule has 5 rings (SSSR count). The van der Waals surface area contributed by atoms with Gasteiger partial charge in [0.05, 0.1) is 31.0 Å². The molecule has 154 valence electrons. The number of nitrogens with zero attached hydrogens (tertiary/aromatic N) is 3. The highest BCUT2D eigenvalue weighted by atomic mass is 79.9. The van der Waals surface area contributed by atoms with Crippen molar-refractivity contribution < 1.29 is 4.74 Å². The number of thiophene rings is 1. The van der Waals surface area contributed by atoms with Crippen molar-refractivity contribution in [2.45, 2.75) is 12.1 Å². The predicted molar refractivity (Wildman–Crippen MR) is 129 cm³/mol. The first-order chi connectivity index (χ1) is 14.7. The van der Waals surface area contributed by atoms with Crippen molar-refractivity contribution in [2.24, 2.45) is 0 Å². The van der Waals surface area contributed by atoms with Crippen LogP contribution in [0.2, 0.25) is 0 Å². The number of ether oxygens (including phenoxy) is 1. The van der Waals surface area contributed by atoms with E-state index in [-0.39, 0.29) is 12.1 Å². The van der Waals surface area contributed by atoms with E-state index < -0.39 is 0 Å². The second-order valence-electron chi connectivity index (χ2n) is 7.28. The quantitative estimate of drug-likeness (QED) is 0.512. The van der Waals surface area contributed by atoms with Gasteiger partial charge in [0, 0.05) is 45.4 Å². The van der Waals surface area contributed by atoms with Crippen molar-refractivity contribution in [3.63, 3.8) is 0 Å². The van der Waals surface area contributed by atoms with Crippen LogP contribution in [0.1, 0.15) is 22.7 Å². The maximum atomic E-state index is 5.79. The zero-order valence-corrected chi connectivity index (χ0v) is 19.4. The lowest BCUT2D eigenvalue weighted by molar-refractivity contribution is 0.122. The minimum Gasteiger partial charge on any atom is -0.378 e. The second kappa shape index (κ2) is 8.63. The Labute approximate surface area is 193 Å². The average molecular weight is 501 g/mol. The number of rotatable bonds is 4. The first-order valence-electron chi connectivity index (χ1n) is 9.88. The fourth-order valence-electron chi connectivity index (χ4n) is 4.05. The lowest BCUT2D eigenvalue weighted by atomic mass is 10.0. The van der Waals surface area contributed by atoms with E-state index in [1.165, 1.54) is 10.6 Å². The van der Waals surface area contributed by atoms with Crippen molar-refractivity contribution in [1.29, 1.82) is 0 Å². The Balaban J connectivity index is 1.50. The van der Waals surface area contributed by atoms with Gasteiger partial charge in [0.15, 0.2) is 5.11 Å². The smallest absolute Gasteiger partial charge is 0.174 e. The highest BCUT2D eigenvalue weighted by Crippen LogP contribution is 2.44. The summed E-state index contributed by atoms with van der Waals surface area (Å²) in [5.74, 6) is 0. The van der Waals surface area contributed by atoms with Gasteiger partial charge in [0.25, 0.3) is 0 Å². The molecule has 5 nitrogen and oxygen atoms in total. The third kappa shape index (κ3) is 3.85. The third-order valence-electron chi connectivity index (χ3n) is 5.48. The SMILES string of the molecule is S=C1NC(c2ccccn2)C(c2cc(Br)cs2)N1c1ccc(N2CCOCC2)cc1. The van der Waals surface area contributed by atoms with Gasteiger partial charge in [0.1, 0.15) is 0 Å². The van der Waals surface area contributed by atoms with Gasteiger partial charge in [-0.25, -0.2) is 0 Å². The lowest BCUT2D eigenvalue weighted by Gasteiger charge is -2.30. The summed E-state index contributed by atoms with van der Waals surface area (Å²) in [4.78, 5) is 10.4. The normalized spacial score (nSPS) is 21.7. The number of morpholine rings is 1. The molecule has 2 aliphatic heterocycles. The molecule has 1 N–H and O–H groups in total. The van der Waals surface area contributed by atoms with Crippen molar-refractivity contribution in [1.82, 2.24) is 10.3 Å². The van der Waals surface area contributed by atoms with Crippen LogP contribution in [0.15, 0.2) is 64.6 Å². The van der Waals surface area contributed by atoms with E-state index in [1.807, 2.05) is 18.3 Å². The van der Waals surface area contributed by atoms with E-state index in [2.05, 4.69) is 77.8 Å². The summed E-state index contributed by atoms with van der Waals surface area (Å²) in [6.07, 6.45) is 1.83. The molecule has 2 saturated heterocycles. The Kier molecular flexibility index (Phi) is 5.73. The predicted octanol–water partition coefficient (Wildman–Crippen LogP) is 4.92. The summed E-state index contributed by atoms with van der Waals surface area (Å²) in [6, 6.07) is 16.9. The van der Waals surface area contributed by atoms with E-state index >= 15 is 0 Å². The highest BCUT2D eigenvalue weighted by molar-refractivity contribution is 9.10. The van der Waals surface area contributed by atoms with Gasteiger partial charge < -0.3 is 19.9 Å². The molecule has 1 aromatic carbocycles. The maximum absolute atomic E-state index is 5.79. The topological polar surface area (TPSA) is 40.6 Å². The highest BCUT2D eigenvalue weighted by Gasteiger charge is 2.41. The molecule has 3 aromatic rings. The van der Waals surface area contributed by atoms with Crippen LogP contribution in [0.3, 0.4) is 0 Å². The molecule has 2 aromatic heterocycles. The van der Waals surface area contributed by atoms with Crippen molar-refractivity contribution in [3.05, 3.63) is 75.2 Å². The molecule has 2 unspecified atom stereocenters. The fourth-order valence-corrected chi connectivity index (χ4v) is 5.97. The molecule has 0 bridgehead atoms. The fraction of sp³-hybridized carbons (Fsp3) is 0.273. The number of benzene rings is 1. The number of thiocarbonyl (C=S) groups is 1. The minimum absolute atomic E-state index is 0.0110. The van der Waals surface area contributed by atoms with E-state index in [0.29, 0.717) is 0 Å². The van der Waals surface area contributed by atoms with Gasteiger partial charge >= 0.3 is 0 Å². The van der Waals surface area contributed by atoms with E-state index in [4.69, 9.17) is 17.0 Å². The number of aromatic nitrogens is 1. The number of hydrogen-bond acceptors (Lipinski definition) is 5. The zero-order valence-electron chi connectivity index (χ0n) is 16.2. The van der Waals surface area contributed by atoms with Crippen LogP contribution in [-0.4, -0.2) is 36.4 Å². The molecule has 0 saturated carbocycles. The van der Waals surface area contributed by atoms with E-state index in [1.54, 1.807) is 11.3 Å². The standard InChI is InChI=1S/C22H21BrN4OS2/c23-15-13-19(30-14-15)21-20(18-3-1-2-8-24-18)25-22(29)27(21)17-6-4-16(5-7-17)26-9-11-28-12-10-26/h1-8,13-14,20-21H,9-12H2,(H,25,29). The summed E-state index contributed by atoms with van der Waals surface area (Å²) >= 11 is 11.1. The van der Waals surface area contributed by atoms with Crippen LogP contribution in [0.25, 0.3) is 0 Å². The molecular formula is C22H21BrN4OS2. The second-order valence-corrected chi connectivity index (χ2v) is 9.52. The number of pyridine rings is 1. The molecule has 2 fully saturated rings. The Morgan fingerprint density at radius 1 is 1.10 bits per heavy atom. The average Bonchev–Trinajstić information content (AvgIpc) is 3.38. The molecule has 4 heterocycles. The van der Waals surface area contributed by atoms with Crippen LogP contribution in [0.4, 0.5) is 11.4 Å². The number of hydrogen-bond donors (Lipinski definition) is 1. The zero-order chi connectivity index (χ0) is 20.5. The van der Waals surface area contributed by atoms with Crippen LogP contribution in [0.5, 0.6) is 0 Å². The van der Waals surface area contributed by atoms with Crippen molar-refractivity contribution in [3.8, 4) is 0 Å². The summed E-state index contributed by atoms with van der Waals surface area (Å²) in [6.45, 7) is 3.42. The Bertz CT molecular complexity index is 1020. The summed E-state index contributed by atoms with van der Waals surface area (Å²) in [5, 5.41) is 6.35. The molecule has 2 aliphatic rings. The van der Waals surface area contributed by atoms with Crippen molar-refractivity contribution >= 4 is 56.0 Å².